The normalized spacial score (nSPS) is 22.5. The van der Waals surface area contributed by atoms with E-state index >= 15 is 0 Å². The molecule has 1 aliphatic heterocycles. The van der Waals surface area contributed by atoms with Crippen molar-refractivity contribution in [3.05, 3.63) is 36.3 Å². The van der Waals surface area contributed by atoms with Crippen LogP contribution in [0.15, 0.2) is 40.4 Å². The van der Waals surface area contributed by atoms with Crippen LogP contribution >= 0.6 is 0 Å². The maximum absolute atomic E-state index is 14.0. The molecule has 0 amide bonds. The predicted octanol–water partition coefficient (Wildman–Crippen LogP) is 2.84. The van der Waals surface area contributed by atoms with Crippen LogP contribution in [0, 0.1) is 17.7 Å². The van der Waals surface area contributed by atoms with Crippen LogP contribution in [0.25, 0.3) is 0 Å². The summed E-state index contributed by atoms with van der Waals surface area (Å²) in [4.78, 5) is 4.17. The Bertz CT molecular complexity index is 680. The number of hydrogen-bond acceptors (Lipinski definition) is 4. The molecule has 0 bridgehead atoms. The van der Waals surface area contributed by atoms with Crippen LogP contribution in [0.2, 0.25) is 0 Å². The fraction of sp³-hybridized carbons (Fsp3) is 0.357. The Balaban J connectivity index is 2.27. The summed E-state index contributed by atoms with van der Waals surface area (Å²) in [7, 11) is -3.40. The van der Waals surface area contributed by atoms with Crippen molar-refractivity contribution in [2.45, 2.75) is 18.7 Å². The monoisotopic (exact) mass is 296 g/mol. The molecule has 6 heteroatoms. The first kappa shape index (κ1) is 14.7. The summed E-state index contributed by atoms with van der Waals surface area (Å²) in [6.07, 6.45) is 4.73. The lowest BCUT2D eigenvalue weighted by atomic mass is 9.93. The van der Waals surface area contributed by atoms with Crippen LogP contribution in [0.4, 0.5) is 10.1 Å². The van der Waals surface area contributed by atoms with Crippen molar-refractivity contribution in [1.29, 1.82) is 0 Å². The lowest BCUT2D eigenvalue weighted by Crippen LogP contribution is -2.27. The van der Waals surface area contributed by atoms with E-state index in [2.05, 4.69) is 17.2 Å². The van der Waals surface area contributed by atoms with Crippen molar-refractivity contribution in [3.8, 4) is 0 Å². The Kier molecular flexibility index (Phi) is 3.94. The van der Waals surface area contributed by atoms with Gasteiger partial charge in [-0.15, -0.1) is 0 Å². The number of rotatable bonds is 2. The van der Waals surface area contributed by atoms with Gasteiger partial charge in [0.15, 0.2) is 9.84 Å². The molecule has 0 spiro atoms. The Morgan fingerprint density at radius 2 is 2.00 bits per heavy atom. The van der Waals surface area contributed by atoms with Gasteiger partial charge < -0.3 is 5.32 Å². The molecule has 2 rings (SSSR count). The van der Waals surface area contributed by atoms with E-state index < -0.39 is 15.7 Å². The van der Waals surface area contributed by atoms with Gasteiger partial charge in [-0.1, -0.05) is 19.9 Å². The maximum Gasteiger partial charge on any atom is 0.175 e. The molecule has 0 aliphatic carbocycles. The average molecular weight is 296 g/mol. The van der Waals surface area contributed by atoms with E-state index in [-0.39, 0.29) is 16.5 Å². The summed E-state index contributed by atoms with van der Waals surface area (Å²) in [5, 5.41) is 2.94. The van der Waals surface area contributed by atoms with Gasteiger partial charge in [0.1, 0.15) is 11.7 Å². The third-order valence-electron chi connectivity index (χ3n) is 3.45. The largest absolute Gasteiger partial charge is 0.341 e. The molecular weight excluding hydrogens is 279 g/mol. The fourth-order valence-corrected chi connectivity index (χ4v) is 2.54. The second kappa shape index (κ2) is 5.36. The van der Waals surface area contributed by atoms with Crippen LogP contribution in [0.5, 0.6) is 0 Å². The number of sulfone groups is 1. The lowest BCUT2D eigenvalue weighted by molar-refractivity contribution is 0.578. The highest BCUT2D eigenvalue weighted by Gasteiger charge is 2.20. The van der Waals surface area contributed by atoms with Crippen molar-refractivity contribution in [3.63, 3.8) is 0 Å². The van der Waals surface area contributed by atoms with Crippen molar-refractivity contribution in [2.75, 3.05) is 11.6 Å². The van der Waals surface area contributed by atoms with Crippen LogP contribution in [-0.4, -0.2) is 20.5 Å². The first-order valence-electron chi connectivity index (χ1n) is 6.30. The summed E-state index contributed by atoms with van der Waals surface area (Å²) in [5.41, 5.74) is 0.227. The van der Waals surface area contributed by atoms with Crippen LogP contribution in [-0.2, 0) is 9.84 Å². The zero-order valence-electron chi connectivity index (χ0n) is 11.6. The third kappa shape index (κ3) is 3.07. The number of anilines is 1. The number of halogens is 1. The molecule has 1 aromatic rings. The Morgan fingerprint density at radius 3 is 2.60 bits per heavy atom. The second-order valence-electron chi connectivity index (χ2n) is 5.04. The molecule has 4 nitrogen and oxygen atoms in total. The van der Waals surface area contributed by atoms with Gasteiger partial charge in [0.05, 0.1) is 10.6 Å². The van der Waals surface area contributed by atoms with E-state index in [9.17, 15) is 12.8 Å². The third-order valence-corrected chi connectivity index (χ3v) is 4.56. The zero-order chi connectivity index (χ0) is 14.9. The van der Waals surface area contributed by atoms with Crippen molar-refractivity contribution >= 4 is 21.4 Å². The smallest absolute Gasteiger partial charge is 0.175 e. The molecule has 0 aromatic heterocycles. The van der Waals surface area contributed by atoms with E-state index in [1.807, 2.05) is 13.0 Å². The minimum Gasteiger partial charge on any atom is -0.341 e. The molecule has 0 fully saturated rings. The van der Waals surface area contributed by atoms with Gasteiger partial charge >= 0.3 is 0 Å². The van der Waals surface area contributed by atoms with E-state index in [1.165, 1.54) is 12.1 Å². The molecule has 0 saturated carbocycles. The van der Waals surface area contributed by atoms with Gasteiger partial charge in [-0.2, -0.15) is 0 Å². The average Bonchev–Trinajstić information content (AvgIpc) is 2.36. The molecule has 2 atom stereocenters. The van der Waals surface area contributed by atoms with E-state index in [0.717, 1.165) is 12.3 Å². The van der Waals surface area contributed by atoms with E-state index in [4.69, 9.17) is 0 Å². The number of nitrogens with one attached hydrogen (secondary N) is 1. The van der Waals surface area contributed by atoms with E-state index in [1.54, 1.807) is 6.20 Å². The van der Waals surface area contributed by atoms with Gasteiger partial charge in [0.25, 0.3) is 0 Å². The Labute approximate surface area is 118 Å². The second-order valence-corrected chi connectivity index (χ2v) is 7.06. The van der Waals surface area contributed by atoms with Gasteiger partial charge in [0, 0.05) is 18.4 Å². The zero-order valence-corrected chi connectivity index (χ0v) is 12.4. The molecule has 108 valence electrons. The van der Waals surface area contributed by atoms with Gasteiger partial charge in [-0.25, -0.2) is 17.8 Å². The highest BCUT2D eigenvalue weighted by atomic mass is 32.2. The highest BCUT2D eigenvalue weighted by Crippen LogP contribution is 2.23. The highest BCUT2D eigenvalue weighted by molar-refractivity contribution is 7.90. The van der Waals surface area contributed by atoms with Crippen LogP contribution in [0.3, 0.4) is 0 Å². The summed E-state index contributed by atoms with van der Waals surface area (Å²) in [6, 6.07) is 3.82. The van der Waals surface area contributed by atoms with Crippen LogP contribution in [0.1, 0.15) is 13.8 Å². The van der Waals surface area contributed by atoms with Gasteiger partial charge in [-0.05, 0) is 24.1 Å². The van der Waals surface area contributed by atoms with Crippen molar-refractivity contribution in [2.24, 2.45) is 16.8 Å². The Hall–Kier alpha value is -1.69. The molecule has 1 aromatic carbocycles. The summed E-state index contributed by atoms with van der Waals surface area (Å²) in [6.45, 7) is 4.06. The number of hydrogen-bond donors (Lipinski definition) is 1. The fourth-order valence-electron chi connectivity index (χ4n) is 1.90. The number of benzene rings is 1. The molecular formula is C14H17FN2O2S. The number of amidine groups is 1. The first-order valence-corrected chi connectivity index (χ1v) is 8.19. The molecule has 0 saturated heterocycles. The molecule has 1 aliphatic rings. The summed E-state index contributed by atoms with van der Waals surface area (Å²) in [5.74, 6) is 0.526. The van der Waals surface area contributed by atoms with Gasteiger partial charge in [0.2, 0.25) is 0 Å². The first-order chi connectivity index (χ1) is 9.29. The Morgan fingerprint density at radius 1 is 1.30 bits per heavy atom. The van der Waals surface area contributed by atoms with Crippen molar-refractivity contribution in [1.82, 2.24) is 0 Å². The maximum atomic E-state index is 14.0. The summed E-state index contributed by atoms with van der Waals surface area (Å²) >= 11 is 0. The molecule has 2 unspecified atom stereocenters. The molecule has 20 heavy (non-hydrogen) atoms. The molecule has 0 radical (unpaired) electrons. The van der Waals surface area contributed by atoms with Crippen LogP contribution < -0.4 is 5.32 Å². The predicted molar refractivity (Wildman–Crippen MR) is 78.0 cm³/mol. The van der Waals surface area contributed by atoms with Gasteiger partial charge in [-0.3, -0.25) is 0 Å². The summed E-state index contributed by atoms with van der Waals surface area (Å²) < 4.78 is 36.7. The minimum atomic E-state index is -3.40. The standard InChI is InChI=1S/C14H17FN2O2S/c1-9-6-7-16-14(10(9)2)17-13-5-4-11(8-12(13)15)20(3,18)19/h4-10H,1-3H3,(H,16,17). The van der Waals surface area contributed by atoms with E-state index in [0.29, 0.717) is 11.8 Å². The number of aliphatic imine (C=N–C) groups is 1. The SMILES string of the molecule is CC1C=CN=C(Nc2ccc(S(C)(=O)=O)cc2F)C1C. The quantitative estimate of drug-likeness (QED) is 0.913. The molecule has 1 heterocycles. The number of nitrogens with zero attached hydrogens (tertiary/aromatic N) is 1. The number of allylic oxidation sites excluding steroid dienone is 1. The van der Waals surface area contributed by atoms with Crippen molar-refractivity contribution < 1.29 is 12.8 Å². The molecule has 1 N–H and O–H groups in total. The lowest BCUT2D eigenvalue weighted by Gasteiger charge is -2.23. The topological polar surface area (TPSA) is 58.5 Å². The minimum absolute atomic E-state index is 0.0348.